The zero-order chi connectivity index (χ0) is 19.8. The standard InChI is InChI=1S/C21H26N2O4S/c24-20(18-27-21-9-5-2-6-10-21)17-22-12-14-23(15-13-22)28(25,26)16-11-19-7-3-1-4-8-19/h1-11,16,20,24H,12-15,17-18H2. The first-order valence-corrected chi connectivity index (χ1v) is 10.8. The SMILES string of the molecule is O=S(=O)(C=Cc1ccccc1)N1CCN(CC(O)COc2ccccc2)CC1. The van der Waals surface area contributed by atoms with Crippen molar-refractivity contribution in [1.29, 1.82) is 0 Å². The molecule has 6 nitrogen and oxygen atoms in total. The average Bonchev–Trinajstić information content (AvgIpc) is 2.73. The highest BCUT2D eigenvalue weighted by molar-refractivity contribution is 7.92. The number of ether oxygens (including phenoxy) is 1. The number of piperazine rings is 1. The predicted octanol–water partition coefficient (Wildman–Crippen LogP) is 2.04. The van der Waals surface area contributed by atoms with Crippen LogP contribution in [0.4, 0.5) is 0 Å². The van der Waals surface area contributed by atoms with Crippen LogP contribution >= 0.6 is 0 Å². The van der Waals surface area contributed by atoms with Gasteiger partial charge in [-0.15, -0.1) is 0 Å². The number of para-hydroxylation sites is 1. The van der Waals surface area contributed by atoms with Crippen molar-refractivity contribution in [3.63, 3.8) is 0 Å². The maximum absolute atomic E-state index is 12.5. The number of nitrogens with zero attached hydrogens (tertiary/aromatic N) is 2. The van der Waals surface area contributed by atoms with E-state index in [9.17, 15) is 13.5 Å². The number of benzene rings is 2. The largest absolute Gasteiger partial charge is 0.491 e. The van der Waals surface area contributed by atoms with Crippen molar-refractivity contribution in [3.05, 3.63) is 71.6 Å². The second-order valence-electron chi connectivity index (χ2n) is 6.74. The van der Waals surface area contributed by atoms with Crippen molar-refractivity contribution < 1.29 is 18.3 Å². The number of sulfonamides is 1. The van der Waals surface area contributed by atoms with Crippen LogP contribution < -0.4 is 4.74 Å². The monoisotopic (exact) mass is 402 g/mol. The van der Waals surface area contributed by atoms with Gasteiger partial charge < -0.3 is 9.84 Å². The van der Waals surface area contributed by atoms with E-state index in [0.29, 0.717) is 32.7 Å². The molecule has 2 aromatic carbocycles. The third kappa shape index (κ3) is 6.17. The first kappa shape index (κ1) is 20.5. The zero-order valence-electron chi connectivity index (χ0n) is 15.7. The van der Waals surface area contributed by atoms with Crippen molar-refractivity contribution in [2.24, 2.45) is 0 Å². The van der Waals surface area contributed by atoms with Crippen LogP contribution in [0.25, 0.3) is 6.08 Å². The lowest BCUT2D eigenvalue weighted by molar-refractivity contribution is 0.0570. The number of rotatable bonds is 8. The maximum Gasteiger partial charge on any atom is 0.236 e. The lowest BCUT2D eigenvalue weighted by atomic mass is 10.2. The van der Waals surface area contributed by atoms with Crippen molar-refractivity contribution in [1.82, 2.24) is 9.21 Å². The molecule has 3 rings (SSSR count). The third-order valence-electron chi connectivity index (χ3n) is 4.58. The fraction of sp³-hybridized carbons (Fsp3) is 0.333. The molecule has 0 bridgehead atoms. The molecule has 1 aliphatic heterocycles. The second kappa shape index (κ2) is 9.84. The number of hydrogen-bond donors (Lipinski definition) is 1. The topological polar surface area (TPSA) is 70.1 Å². The van der Waals surface area contributed by atoms with Crippen LogP contribution in [0.5, 0.6) is 5.75 Å². The number of β-amino-alcohol motifs (C(OH)–C–C–N with tert-alkyl or cyclic N) is 1. The lowest BCUT2D eigenvalue weighted by Crippen LogP contribution is -2.50. The highest BCUT2D eigenvalue weighted by atomic mass is 32.2. The van der Waals surface area contributed by atoms with Gasteiger partial charge in [-0.05, 0) is 23.8 Å². The van der Waals surface area contributed by atoms with Gasteiger partial charge >= 0.3 is 0 Å². The zero-order valence-corrected chi connectivity index (χ0v) is 16.5. The summed E-state index contributed by atoms with van der Waals surface area (Å²) >= 11 is 0. The van der Waals surface area contributed by atoms with Crippen LogP contribution in [0.3, 0.4) is 0 Å². The summed E-state index contributed by atoms with van der Waals surface area (Å²) in [6.45, 7) is 2.66. The first-order valence-electron chi connectivity index (χ1n) is 9.34. The summed E-state index contributed by atoms with van der Waals surface area (Å²) in [5.74, 6) is 0.725. The van der Waals surface area contributed by atoms with Crippen LogP contribution in [0.15, 0.2) is 66.1 Å². The quantitative estimate of drug-likeness (QED) is 0.732. The summed E-state index contributed by atoms with van der Waals surface area (Å²) in [7, 11) is -3.44. The Hall–Kier alpha value is -2.19. The van der Waals surface area contributed by atoms with Gasteiger partial charge in [-0.3, -0.25) is 4.90 Å². The molecule has 1 atom stereocenters. The molecule has 28 heavy (non-hydrogen) atoms. The Morgan fingerprint density at radius 2 is 1.57 bits per heavy atom. The molecule has 0 radical (unpaired) electrons. The van der Waals surface area contributed by atoms with Crippen LogP contribution in [0.2, 0.25) is 0 Å². The van der Waals surface area contributed by atoms with Crippen molar-refractivity contribution in [2.45, 2.75) is 6.10 Å². The van der Waals surface area contributed by atoms with E-state index >= 15 is 0 Å². The summed E-state index contributed by atoms with van der Waals surface area (Å²) in [6.07, 6.45) is 0.994. The van der Waals surface area contributed by atoms with Gasteiger partial charge in [-0.2, -0.15) is 4.31 Å². The highest BCUT2D eigenvalue weighted by Gasteiger charge is 2.26. The summed E-state index contributed by atoms with van der Waals surface area (Å²) in [5, 5.41) is 11.5. The van der Waals surface area contributed by atoms with Gasteiger partial charge in [-0.25, -0.2) is 8.42 Å². The molecular formula is C21H26N2O4S. The van der Waals surface area contributed by atoms with Crippen molar-refractivity contribution >= 4 is 16.1 Å². The van der Waals surface area contributed by atoms with Crippen LogP contribution in [0, 0.1) is 0 Å². The smallest absolute Gasteiger partial charge is 0.236 e. The lowest BCUT2D eigenvalue weighted by Gasteiger charge is -2.34. The molecular weight excluding hydrogens is 376 g/mol. The molecule has 1 N–H and O–H groups in total. The van der Waals surface area contributed by atoms with E-state index in [-0.39, 0.29) is 6.61 Å². The van der Waals surface area contributed by atoms with Crippen LogP contribution in [-0.4, -0.2) is 68.2 Å². The second-order valence-corrected chi connectivity index (χ2v) is 8.55. The van der Waals surface area contributed by atoms with E-state index in [1.54, 1.807) is 6.08 Å². The minimum absolute atomic E-state index is 0.211. The van der Waals surface area contributed by atoms with Gasteiger partial charge in [0.1, 0.15) is 18.5 Å². The average molecular weight is 403 g/mol. The van der Waals surface area contributed by atoms with Gasteiger partial charge in [-0.1, -0.05) is 48.5 Å². The Balaban J connectivity index is 1.44. The van der Waals surface area contributed by atoms with E-state index in [1.807, 2.05) is 60.7 Å². The van der Waals surface area contributed by atoms with Gasteiger partial charge in [0.2, 0.25) is 10.0 Å². The molecule has 0 aliphatic carbocycles. The molecule has 0 aromatic heterocycles. The number of aliphatic hydroxyl groups is 1. The normalized spacial score (nSPS) is 17.6. The van der Waals surface area contributed by atoms with Crippen molar-refractivity contribution in [2.75, 3.05) is 39.3 Å². The molecule has 2 aromatic rings. The van der Waals surface area contributed by atoms with E-state index in [4.69, 9.17) is 4.74 Å². The highest BCUT2D eigenvalue weighted by Crippen LogP contribution is 2.13. The Morgan fingerprint density at radius 3 is 2.21 bits per heavy atom. The van der Waals surface area contributed by atoms with Crippen LogP contribution in [-0.2, 0) is 10.0 Å². The molecule has 150 valence electrons. The van der Waals surface area contributed by atoms with E-state index in [0.717, 1.165) is 11.3 Å². The van der Waals surface area contributed by atoms with E-state index in [1.165, 1.54) is 9.71 Å². The summed E-state index contributed by atoms with van der Waals surface area (Å²) in [5.41, 5.74) is 0.853. The minimum Gasteiger partial charge on any atom is -0.491 e. The fourth-order valence-electron chi connectivity index (χ4n) is 3.04. The Labute approximate surface area is 166 Å². The molecule has 1 heterocycles. The minimum atomic E-state index is -3.44. The summed E-state index contributed by atoms with van der Waals surface area (Å²) in [4.78, 5) is 2.06. The first-order chi connectivity index (χ1) is 13.5. The molecule has 0 amide bonds. The van der Waals surface area contributed by atoms with E-state index < -0.39 is 16.1 Å². The molecule has 0 spiro atoms. The molecule has 1 saturated heterocycles. The summed E-state index contributed by atoms with van der Waals surface area (Å²) < 4.78 is 32.0. The van der Waals surface area contributed by atoms with Gasteiger partial charge in [0.05, 0.1) is 0 Å². The Bertz CT molecular complexity index is 848. The maximum atomic E-state index is 12.5. The molecule has 0 saturated carbocycles. The third-order valence-corrected chi connectivity index (χ3v) is 6.14. The Kier molecular flexibility index (Phi) is 7.22. The summed E-state index contributed by atoms with van der Waals surface area (Å²) in [6, 6.07) is 18.7. The van der Waals surface area contributed by atoms with Crippen LogP contribution in [0.1, 0.15) is 5.56 Å². The van der Waals surface area contributed by atoms with Gasteiger partial charge in [0.15, 0.2) is 0 Å². The fourth-order valence-corrected chi connectivity index (χ4v) is 4.21. The number of hydrogen-bond acceptors (Lipinski definition) is 5. The van der Waals surface area contributed by atoms with E-state index in [2.05, 4.69) is 4.90 Å². The molecule has 1 unspecified atom stereocenters. The molecule has 1 aliphatic rings. The van der Waals surface area contributed by atoms with Crippen molar-refractivity contribution in [3.8, 4) is 5.75 Å². The molecule has 1 fully saturated rings. The van der Waals surface area contributed by atoms with Gasteiger partial charge in [0, 0.05) is 38.1 Å². The molecule has 7 heteroatoms. The number of aliphatic hydroxyl groups excluding tert-OH is 1. The predicted molar refractivity (Wildman–Crippen MR) is 110 cm³/mol. The van der Waals surface area contributed by atoms with Gasteiger partial charge in [0.25, 0.3) is 0 Å². The Morgan fingerprint density at radius 1 is 0.964 bits per heavy atom.